The van der Waals surface area contributed by atoms with Crippen LogP contribution in [0.25, 0.3) is 4.96 Å². The summed E-state index contributed by atoms with van der Waals surface area (Å²) in [5.41, 5.74) is 3.35. The average molecular weight is 511 g/mol. The number of guanidine groups is 1. The number of benzene rings is 1. The summed E-state index contributed by atoms with van der Waals surface area (Å²) in [5, 5.41) is 8.73. The summed E-state index contributed by atoms with van der Waals surface area (Å²) < 4.78 is 8.09. The van der Waals surface area contributed by atoms with E-state index in [1.54, 1.807) is 18.4 Å². The van der Waals surface area contributed by atoms with E-state index in [0.717, 1.165) is 40.5 Å². The van der Waals surface area contributed by atoms with Crippen LogP contribution in [-0.2, 0) is 13.1 Å². The number of thiazole rings is 1. The van der Waals surface area contributed by atoms with Gasteiger partial charge in [-0.3, -0.25) is 9.39 Å². The number of hydrogen-bond acceptors (Lipinski definition) is 4. The molecule has 2 heterocycles. The number of imidazole rings is 1. The topological polar surface area (TPSA) is 63.0 Å². The van der Waals surface area contributed by atoms with Crippen LogP contribution in [0.1, 0.15) is 29.7 Å². The number of aliphatic imine (C=N–C) groups is 1. The molecule has 4 rings (SSSR count). The Morgan fingerprint density at radius 2 is 2.14 bits per heavy atom. The van der Waals surface area contributed by atoms with Crippen molar-refractivity contribution in [2.75, 3.05) is 13.7 Å². The minimum atomic E-state index is 0. The molecule has 0 bridgehead atoms. The third-order valence-corrected chi connectivity index (χ3v) is 5.41. The van der Waals surface area contributed by atoms with E-state index in [1.165, 1.54) is 18.4 Å². The first kappa shape index (κ1) is 20.9. The zero-order valence-corrected chi connectivity index (χ0v) is 19.3. The lowest BCUT2D eigenvalue weighted by Gasteiger charge is -2.15. The van der Waals surface area contributed by atoms with Gasteiger partial charge in [0.1, 0.15) is 5.75 Å². The van der Waals surface area contributed by atoms with Crippen molar-refractivity contribution in [2.45, 2.75) is 32.9 Å². The lowest BCUT2D eigenvalue weighted by molar-refractivity contribution is 0.296. The van der Waals surface area contributed by atoms with Gasteiger partial charge >= 0.3 is 0 Å². The third kappa shape index (κ3) is 5.38. The molecule has 0 aliphatic heterocycles. The Kier molecular flexibility index (Phi) is 7.17. The van der Waals surface area contributed by atoms with Crippen LogP contribution in [0.15, 0.2) is 41.0 Å². The van der Waals surface area contributed by atoms with Gasteiger partial charge in [0.05, 0.1) is 18.8 Å². The largest absolute Gasteiger partial charge is 0.493 e. The maximum absolute atomic E-state index is 6.05. The molecule has 3 aromatic rings. The van der Waals surface area contributed by atoms with E-state index in [0.29, 0.717) is 13.1 Å². The first-order chi connectivity index (χ1) is 13.2. The highest BCUT2D eigenvalue weighted by Gasteiger charge is 2.22. The van der Waals surface area contributed by atoms with Crippen molar-refractivity contribution in [3.05, 3.63) is 52.8 Å². The van der Waals surface area contributed by atoms with E-state index in [9.17, 15) is 0 Å². The molecule has 0 radical (unpaired) electrons. The number of nitrogens with zero attached hydrogens (tertiary/aromatic N) is 3. The molecule has 150 valence electrons. The van der Waals surface area contributed by atoms with Gasteiger partial charge in [0.15, 0.2) is 10.9 Å². The maximum Gasteiger partial charge on any atom is 0.193 e. The first-order valence-electron chi connectivity index (χ1n) is 9.29. The monoisotopic (exact) mass is 511 g/mol. The summed E-state index contributed by atoms with van der Waals surface area (Å²) in [5.74, 6) is 2.46. The number of rotatable bonds is 7. The standard InChI is InChI=1S/C20H25N5OS.HI/c1-14-3-6-16(18(9-14)26-13-15-4-5-15)10-22-19(21-2)23-11-17-12-25-7-8-27-20(25)24-17;/h3,6-9,12,15H,4-5,10-11,13H2,1-2H3,(H2,21,22,23);1H. The molecule has 0 spiro atoms. The van der Waals surface area contributed by atoms with Gasteiger partial charge in [-0.15, -0.1) is 35.3 Å². The summed E-state index contributed by atoms with van der Waals surface area (Å²) in [7, 11) is 1.78. The van der Waals surface area contributed by atoms with Crippen LogP contribution >= 0.6 is 35.3 Å². The highest BCUT2D eigenvalue weighted by molar-refractivity contribution is 14.0. The zero-order chi connectivity index (χ0) is 18.6. The van der Waals surface area contributed by atoms with Crippen LogP contribution in [0.5, 0.6) is 5.75 Å². The summed E-state index contributed by atoms with van der Waals surface area (Å²) in [6.07, 6.45) is 6.64. The molecule has 1 fully saturated rings. The molecule has 2 aromatic heterocycles. The number of aromatic nitrogens is 2. The smallest absolute Gasteiger partial charge is 0.193 e. The van der Waals surface area contributed by atoms with E-state index in [1.807, 2.05) is 22.2 Å². The van der Waals surface area contributed by atoms with E-state index >= 15 is 0 Å². The van der Waals surface area contributed by atoms with Crippen LogP contribution in [0.3, 0.4) is 0 Å². The molecule has 1 aromatic carbocycles. The maximum atomic E-state index is 6.05. The van der Waals surface area contributed by atoms with Gasteiger partial charge in [0, 0.05) is 36.9 Å². The van der Waals surface area contributed by atoms with Gasteiger partial charge in [-0.1, -0.05) is 12.1 Å². The lowest BCUT2D eigenvalue weighted by atomic mass is 10.1. The summed E-state index contributed by atoms with van der Waals surface area (Å²) in [6, 6.07) is 6.36. The number of halogens is 1. The molecule has 0 atom stereocenters. The molecule has 1 aliphatic carbocycles. The zero-order valence-electron chi connectivity index (χ0n) is 16.1. The molecule has 1 aliphatic rings. The molecule has 6 nitrogen and oxygen atoms in total. The Labute approximate surface area is 186 Å². The molecule has 2 N–H and O–H groups in total. The average Bonchev–Trinajstić information content (AvgIpc) is 3.26. The number of fused-ring (bicyclic) bond motifs is 1. The fraction of sp³-hybridized carbons (Fsp3) is 0.400. The highest BCUT2D eigenvalue weighted by atomic mass is 127. The van der Waals surface area contributed by atoms with Crippen LogP contribution in [0.4, 0.5) is 0 Å². The van der Waals surface area contributed by atoms with Crippen molar-refractivity contribution < 1.29 is 4.74 Å². The predicted octanol–water partition coefficient (Wildman–Crippen LogP) is 3.98. The molecule has 8 heteroatoms. The molecule has 0 amide bonds. The fourth-order valence-corrected chi connectivity index (χ4v) is 3.59. The van der Waals surface area contributed by atoms with Crippen molar-refractivity contribution in [2.24, 2.45) is 10.9 Å². The summed E-state index contributed by atoms with van der Waals surface area (Å²) in [6.45, 7) is 4.21. The quantitative estimate of drug-likeness (QED) is 0.286. The normalized spacial score (nSPS) is 14.0. The van der Waals surface area contributed by atoms with Crippen molar-refractivity contribution in [1.82, 2.24) is 20.0 Å². The van der Waals surface area contributed by atoms with Crippen molar-refractivity contribution in [3.8, 4) is 5.75 Å². The molecule has 28 heavy (non-hydrogen) atoms. The van der Waals surface area contributed by atoms with Gasteiger partial charge in [-0.05, 0) is 37.3 Å². The Morgan fingerprint density at radius 1 is 1.32 bits per heavy atom. The van der Waals surface area contributed by atoms with Crippen LogP contribution < -0.4 is 15.4 Å². The molecule has 1 saturated carbocycles. The fourth-order valence-electron chi connectivity index (χ4n) is 2.87. The SMILES string of the molecule is CN=C(NCc1cn2ccsc2n1)NCc1ccc(C)cc1OCC1CC1.I. The van der Waals surface area contributed by atoms with E-state index in [4.69, 9.17) is 4.74 Å². The summed E-state index contributed by atoms with van der Waals surface area (Å²) >= 11 is 1.63. The van der Waals surface area contributed by atoms with Gasteiger partial charge in [0.25, 0.3) is 0 Å². The van der Waals surface area contributed by atoms with E-state index in [-0.39, 0.29) is 24.0 Å². The molecular formula is C20H26IN5OS. The van der Waals surface area contributed by atoms with Gasteiger partial charge < -0.3 is 15.4 Å². The predicted molar refractivity (Wildman–Crippen MR) is 125 cm³/mol. The second-order valence-corrected chi connectivity index (χ2v) is 7.84. The Bertz CT molecular complexity index is 919. The summed E-state index contributed by atoms with van der Waals surface area (Å²) in [4.78, 5) is 9.90. The van der Waals surface area contributed by atoms with Gasteiger partial charge in [-0.25, -0.2) is 4.98 Å². The molecular weight excluding hydrogens is 485 g/mol. The highest BCUT2D eigenvalue weighted by Crippen LogP contribution is 2.30. The van der Waals surface area contributed by atoms with Crippen molar-refractivity contribution in [3.63, 3.8) is 0 Å². The second kappa shape index (κ2) is 9.60. The Morgan fingerprint density at radius 3 is 2.89 bits per heavy atom. The number of ether oxygens (including phenoxy) is 1. The number of hydrogen-bond donors (Lipinski definition) is 2. The molecule has 0 unspecified atom stereocenters. The Hall–Kier alpha value is -1.81. The number of nitrogens with one attached hydrogen (secondary N) is 2. The minimum Gasteiger partial charge on any atom is -0.493 e. The minimum absolute atomic E-state index is 0. The van der Waals surface area contributed by atoms with Crippen molar-refractivity contribution in [1.29, 1.82) is 0 Å². The van der Waals surface area contributed by atoms with E-state index in [2.05, 4.69) is 45.7 Å². The number of aryl methyl sites for hydroxylation is 1. The van der Waals surface area contributed by atoms with E-state index < -0.39 is 0 Å². The lowest BCUT2D eigenvalue weighted by Crippen LogP contribution is -2.36. The molecule has 0 saturated heterocycles. The van der Waals surface area contributed by atoms with Gasteiger partial charge in [-0.2, -0.15) is 0 Å². The van der Waals surface area contributed by atoms with Crippen LogP contribution in [0, 0.1) is 12.8 Å². The van der Waals surface area contributed by atoms with Gasteiger partial charge in [0.2, 0.25) is 0 Å². The third-order valence-electron chi connectivity index (χ3n) is 4.64. The van der Waals surface area contributed by atoms with Crippen LogP contribution in [0.2, 0.25) is 0 Å². The second-order valence-electron chi connectivity index (χ2n) is 6.97. The van der Waals surface area contributed by atoms with Crippen molar-refractivity contribution >= 4 is 46.2 Å². The van der Waals surface area contributed by atoms with Crippen LogP contribution in [-0.4, -0.2) is 29.0 Å². The Balaban J connectivity index is 0.00000225. The first-order valence-corrected chi connectivity index (χ1v) is 10.2.